The lowest BCUT2D eigenvalue weighted by molar-refractivity contribution is -0.125. The second-order valence-corrected chi connectivity index (χ2v) is 12.6. The Hall–Kier alpha value is -3.57. The number of thiazole rings is 1. The first-order valence-electron chi connectivity index (χ1n) is 14.2. The molecule has 1 aliphatic heterocycles. The fourth-order valence-corrected chi connectivity index (χ4v) is 7.36. The standard InChI is InChI=1S/C32H33FN4O2S/c1-35-31(39)37-17-23(18-37)20-6-8-21(9-7-20)29-28(36-30(40-29)22-10-12-24(33)13-11-22)26-5-3-2-4-25(26)27(38)16-32(19-34)14-15-32/h6-13,23,25-26H,2-5,14-18H2,1H3,(H,35,39)/t25-,26-/m1/s1. The summed E-state index contributed by atoms with van der Waals surface area (Å²) in [6, 6.07) is 17.3. The van der Waals surface area contributed by atoms with Gasteiger partial charge in [-0.1, -0.05) is 37.1 Å². The van der Waals surface area contributed by atoms with Crippen molar-refractivity contribution in [3.63, 3.8) is 0 Å². The van der Waals surface area contributed by atoms with Gasteiger partial charge in [-0.25, -0.2) is 14.2 Å². The minimum atomic E-state index is -0.450. The van der Waals surface area contributed by atoms with Crippen LogP contribution in [0.1, 0.15) is 68.0 Å². The lowest BCUT2D eigenvalue weighted by Gasteiger charge is -2.39. The predicted octanol–water partition coefficient (Wildman–Crippen LogP) is 6.89. The maximum Gasteiger partial charge on any atom is 0.317 e. The third-order valence-electron chi connectivity index (χ3n) is 8.91. The Morgan fingerprint density at radius 3 is 2.40 bits per heavy atom. The van der Waals surface area contributed by atoms with Crippen LogP contribution in [0.3, 0.4) is 0 Å². The number of carbonyl (C=O) groups excluding carboxylic acids is 2. The topological polar surface area (TPSA) is 86.1 Å². The van der Waals surface area contributed by atoms with Crippen LogP contribution >= 0.6 is 11.3 Å². The minimum Gasteiger partial charge on any atom is -0.341 e. The van der Waals surface area contributed by atoms with E-state index in [0.29, 0.717) is 25.4 Å². The lowest BCUT2D eigenvalue weighted by Crippen LogP contribution is -2.51. The molecule has 0 bridgehead atoms. The number of halogens is 1. The Balaban J connectivity index is 1.32. The number of hydrogen-bond acceptors (Lipinski definition) is 5. The smallest absolute Gasteiger partial charge is 0.317 e. The first kappa shape index (κ1) is 26.6. The fourth-order valence-electron chi connectivity index (χ4n) is 6.21. The van der Waals surface area contributed by atoms with Crippen molar-refractivity contribution in [3.8, 4) is 27.1 Å². The molecule has 206 valence electrons. The Morgan fingerprint density at radius 1 is 1.07 bits per heavy atom. The number of nitrogens with zero attached hydrogens (tertiary/aromatic N) is 3. The number of ketones is 1. The zero-order chi connectivity index (χ0) is 27.9. The van der Waals surface area contributed by atoms with E-state index in [1.54, 1.807) is 35.4 Å². The van der Waals surface area contributed by atoms with E-state index in [1.807, 2.05) is 0 Å². The van der Waals surface area contributed by atoms with E-state index in [0.717, 1.165) is 65.2 Å². The summed E-state index contributed by atoms with van der Waals surface area (Å²) in [7, 11) is 1.65. The number of rotatable bonds is 7. The second-order valence-electron chi connectivity index (χ2n) is 11.6. The molecule has 40 heavy (non-hydrogen) atoms. The molecule has 2 aliphatic carbocycles. The summed E-state index contributed by atoms with van der Waals surface area (Å²) in [5.41, 5.74) is 3.62. The molecule has 0 radical (unpaired) electrons. The third-order valence-corrected chi connectivity index (χ3v) is 10.1. The molecule has 6 nitrogen and oxygen atoms in total. The average Bonchev–Trinajstić information content (AvgIpc) is 3.59. The largest absolute Gasteiger partial charge is 0.341 e. The monoisotopic (exact) mass is 556 g/mol. The van der Waals surface area contributed by atoms with Gasteiger partial charge in [0.25, 0.3) is 0 Å². The van der Waals surface area contributed by atoms with E-state index >= 15 is 0 Å². The normalized spacial score (nSPS) is 21.8. The molecule has 0 spiro atoms. The van der Waals surface area contributed by atoms with Gasteiger partial charge in [0.05, 0.1) is 22.1 Å². The first-order chi connectivity index (χ1) is 19.4. The van der Waals surface area contributed by atoms with Gasteiger partial charge in [0.2, 0.25) is 0 Å². The lowest BCUT2D eigenvalue weighted by atomic mass is 9.73. The van der Waals surface area contributed by atoms with Gasteiger partial charge < -0.3 is 10.2 Å². The van der Waals surface area contributed by atoms with Crippen LogP contribution in [0.2, 0.25) is 0 Å². The number of urea groups is 1. The number of nitrogens with one attached hydrogen (secondary N) is 1. The Labute approximate surface area is 238 Å². The second kappa shape index (κ2) is 10.8. The number of benzene rings is 2. The SMILES string of the molecule is CNC(=O)N1CC(c2ccc(-c3sc(-c4ccc(F)cc4)nc3[C@@H]3CCCC[C@H]3C(=O)CC3(C#N)CC3)cc2)C1. The van der Waals surface area contributed by atoms with Crippen LogP contribution < -0.4 is 5.32 Å². The van der Waals surface area contributed by atoms with Gasteiger partial charge in [-0.3, -0.25) is 4.79 Å². The molecule has 1 saturated heterocycles. The highest BCUT2D eigenvalue weighted by Gasteiger charge is 2.47. The number of nitriles is 1. The van der Waals surface area contributed by atoms with Crippen LogP contribution in [0.15, 0.2) is 48.5 Å². The van der Waals surface area contributed by atoms with Crippen molar-refractivity contribution in [3.05, 3.63) is 65.6 Å². The summed E-state index contributed by atoms with van der Waals surface area (Å²) < 4.78 is 13.7. The molecule has 2 atom stereocenters. The predicted molar refractivity (Wildman–Crippen MR) is 153 cm³/mol. The number of hydrogen-bond donors (Lipinski definition) is 1. The van der Waals surface area contributed by atoms with Crippen molar-refractivity contribution >= 4 is 23.2 Å². The van der Waals surface area contributed by atoms with Crippen molar-refractivity contribution < 1.29 is 14.0 Å². The summed E-state index contributed by atoms with van der Waals surface area (Å²) in [6.07, 6.45) is 5.76. The summed E-state index contributed by atoms with van der Waals surface area (Å²) in [6.45, 7) is 1.41. The van der Waals surface area contributed by atoms with Gasteiger partial charge in [-0.2, -0.15) is 5.26 Å². The van der Waals surface area contributed by atoms with Crippen molar-refractivity contribution in [2.45, 2.75) is 56.8 Å². The van der Waals surface area contributed by atoms with Crippen LogP contribution in [0.5, 0.6) is 0 Å². The third kappa shape index (κ3) is 5.15. The molecule has 2 heterocycles. The zero-order valence-electron chi connectivity index (χ0n) is 22.7. The van der Waals surface area contributed by atoms with E-state index in [4.69, 9.17) is 4.98 Å². The van der Waals surface area contributed by atoms with Crippen LogP contribution in [0.4, 0.5) is 9.18 Å². The Morgan fingerprint density at radius 2 is 1.75 bits per heavy atom. The van der Waals surface area contributed by atoms with Crippen molar-refractivity contribution in [1.29, 1.82) is 5.26 Å². The summed E-state index contributed by atoms with van der Waals surface area (Å²) >= 11 is 1.59. The average molecular weight is 557 g/mol. The van der Waals surface area contributed by atoms with Crippen LogP contribution in [0.25, 0.3) is 21.0 Å². The van der Waals surface area contributed by atoms with Crippen molar-refractivity contribution in [2.75, 3.05) is 20.1 Å². The number of aromatic nitrogens is 1. The maximum atomic E-state index is 13.7. The number of amides is 2. The van der Waals surface area contributed by atoms with Crippen molar-refractivity contribution in [2.24, 2.45) is 11.3 Å². The molecule has 3 fully saturated rings. The quantitative estimate of drug-likeness (QED) is 0.343. The van der Waals surface area contributed by atoms with Crippen LogP contribution in [-0.4, -0.2) is 41.8 Å². The van der Waals surface area contributed by atoms with Gasteiger partial charge in [0.15, 0.2) is 0 Å². The molecule has 8 heteroatoms. The van der Waals surface area contributed by atoms with E-state index in [-0.39, 0.29) is 29.5 Å². The Bertz CT molecular complexity index is 1450. The van der Waals surface area contributed by atoms with E-state index in [9.17, 15) is 19.2 Å². The van der Waals surface area contributed by atoms with Crippen LogP contribution in [0, 0.1) is 28.5 Å². The van der Waals surface area contributed by atoms with E-state index in [2.05, 4.69) is 35.7 Å². The number of Topliss-reactive ketones (excluding diaryl/α,β-unsaturated/α-hetero) is 1. The molecular weight excluding hydrogens is 523 g/mol. The highest BCUT2D eigenvalue weighted by Crippen LogP contribution is 2.51. The number of carbonyl (C=O) groups is 2. The zero-order valence-corrected chi connectivity index (χ0v) is 23.5. The fraction of sp³-hybridized carbons (Fsp3) is 0.438. The molecule has 2 aromatic carbocycles. The molecule has 2 saturated carbocycles. The molecule has 6 rings (SSSR count). The summed E-state index contributed by atoms with van der Waals surface area (Å²) in [5, 5.41) is 13.1. The highest BCUT2D eigenvalue weighted by molar-refractivity contribution is 7.18. The molecular formula is C32H33FN4O2S. The minimum absolute atomic E-state index is 0.00335. The first-order valence-corrected chi connectivity index (χ1v) is 15.0. The van der Waals surface area contributed by atoms with Crippen LogP contribution in [-0.2, 0) is 4.79 Å². The summed E-state index contributed by atoms with van der Waals surface area (Å²) in [5.74, 6) is 0.103. The maximum absolute atomic E-state index is 13.7. The van der Waals surface area contributed by atoms with Crippen molar-refractivity contribution in [1.82, 2.24) is 15.2 Å². The molecule has 2 amide bonds. The van der Waals surface area contributed by atoms with Gasteiger partial charge in [-0.15, -0.1) is 11.3 Å². The van der Waals surface area contributed by atoms with Gasteiger partial charge >= 0.3 is 6.03 Å². The van der Waals surface area contributed by atoms with E-state index in [1.165, 1.54) is 17.7 Å². The van der Waals surface area contributed by atoms with Gasteiger partial charge in [-0.05, 0) is 61.1 Å². The summed E-state index contributed by atoms with van der Waals surface area (Å²) in [4.78, 5) is 33.4. The highest BCUT2D eigenvalue weighted by atomic mass is 32.1. The van der Waals surface area contributed by atoms with Gasteiger partial charge in [0, 0.05) is 49.9 Å². The molecule has 0 unspecified atom stereocenters. The molecule has 1 aromatic heterocycles. The molecule has 3 aromatic rings. The molecule has 3 aliphatic rings. The Kier molecular flexibility index (Phi) is 7.18. The van der Waals surface area contributed by atoms with Gasteiger partial charge in [0.1, 0.15) is 16.6 Å². The molecule has 1 N–H and O–H groups in total. The van der Waals surface area contributed by atoms with E-state index < -0.39 is 5.41 Å². The number of likely N-dealkylation sites (tertiary alicyclic amines) is 1.